The van der Waals surface area contributed by atoms with E-state index in [4.69, 9.17) is 5.73 Å². The molecular formula is C27H40N2O. The molecule has 2 aliphatic rings. The number of hydrogen-bond acceptors (Lipinski definition) is 2. The molecule has 3 heteroatoms. The largest absolute Gasteiger partial charge is 0.342 e. The Bertz CT molecular complexity index is 656. The second-order valence-electron chi connectivity index (χ2n) is 8.16. The molecule has 0 spiro atoms. The zero-order chi connectivity index (χ0) is 21.4. The minimum atomic E-state index is 0.286. The van der Waals surface area contributed by atoms with Gasteiger partial charge in [0.15, 0.2) is 0 Å². The van der Waals surface area contributed by atoms with E-state index in [0.717, 1.165) is 58.0 Å². The van der Waals surface area contributed by atoms with E-state index in [1.54, 1.807) is 0 Å². The van der Waals surface area contributed by atoms with Crippen LogP contribution in [-0.4, -0.2) is 29.9 Å². The highest BCUT2D eigenvalue weighted by Gasteiger charge is 2.54. The molecule has 2 rings (SSSR count). The number of fused-ring (bicyclic) bond motifs is 1. The first kappa shape index (κ1) is 24.1. The van der Waals surface area contributed by atoms with E-state index in [9.17, 15) is 4.79 Å². The Morgan fingerprint density at radius 1 is 0.733 bits per heavy atom. The fraction of sp³-hybridized carbons (Fsp3) is 0.519. The van der Waals surface area contributed by atoms with Gasteiger partial charge in [-0.1, -0.05) is 79.8 Å². The van der Waals surface area contributed by atoms with Gasteiger partial charge < -0.3 is 10.6 Å². The van der Waals surface area contributed by atoms with Crippen molar-refractivity contribution in [1.29, 1.82) is 0 Å². The number of amides is 1. The average molecular weight is 409 g/mol. The molecule has 0 aromatic rings. The molecule has 2 N–H and O–H groups in total. The van der Waals surface area contributed by atoms with E-state index in [1.165, 1.54) is 0 Å². The van der Waals surface area contributed by atoms with Gasteiger partial charge in [0.05, 0.1) is 0 Å². The third kappa shape index (κ3) is 9.58. The molecule has 3 nitrogen and oxygen atoms in total. The number of allylic oxidation sites excluding steroid dienone is 12. The van der Waals surface area contributed by atoms with Crippen molar-refractivity contribution in [2.24, 2.45) is 17.6 Å². The molecule has 1 amide bonds. The highest BCUT2D eigenvalue weighted by molar-refractivity contribution is 5.77. The maximum atomic E-state index is 12.1. The smallest absolute Gasteiger partial charge is 0.222 e. The quantitative estimate of drug-likeness (QED) is 0.365. The molecule has 0 bridgehead atoms. The van der Waals surface area contributed by atoms with Gasteiger partial charge in [-0.25, -0.2) is 0 Å². The van der Waals surface area contributed by atoms with Crippen LogP contribution in [0.3, 0.4) is 0 Å². The zero-order valence-electron chi connectivity index (χ0n) is 18.7. The number of likely N-dealkylation sites (tertiary alicyclic amines) is 1. The second-order valence-corrected chi connectivity index (χ2v) is 8.16. The van der Waals surface area contributed by atoms with Crippen LogP contribution in [0.2, 0.25) is 0 Å². The van der Waals surface area contributed by atoms with E-state index in [1.807, 2.05) is 4.90 Å². The summed E-state index contributed by atoms with van der Waals surface area (Å²) >= 11 is 0. The summed E-state index contributed by atoms with van der Waals surface area (Å²) in [7, 11) is 0. The van der Waals surface area contributed by atoms with Crippen LogP contribution in [0.1, 0.15) is 58.3 Å². The summed E-state index contributed by atoms with van der Waals surface area (Å²) in [5.74, 6) is 1.45. The molecule has 1 saturated heterocycles. The van der Waals surface area contributed by atoms with Gasteiger partial charge in [0, 0.05) is 25.6 Å². The Morgan fingerprint density at radius 3 is 1.57 bits per heavy atom. The second kappa shape index (κ2) is 14.8. The van der Waals surface area contributed by atoms with Crippen molar-refractivity contribution < 1.29 is 4.79 Å². The highest BCUT2D eigenvalue weighted by Crippen LogP contribution is 2.43. The van der Waals surface area contributed by atoms with Crippen molar-refractivity contribution in [3.63, 3.8) is 0 Å². The molecule has 0 radical (unpaired) electrons. The summed E-state index contributed by atoms with van der Waals surface area (Å²) in [4.78, 5) is 14.1. The van der Waals surface area contributed by atoms with E-state index in [0.29, 0.717) is 24.3 Å². The van der Waals surface area contributed by atoms with E-state index < -0.39 is 0 Å². The van der Waals surface area contributed by atoms with Gasteiger partial charge in [0.2, 0.25) is 5.91 Å². The predicted molar refractivity (Wildman–Crippen MR) is 129 cm³/mol. The monoisotopic (exact) mass is 408 g/mol. The summed E-state index contributed by atoms with van der Waals surface area (Å²) < 4.78 is 0. The standard InChI is InChI=1S/C27H40N2O/c1-2-3-4-5-6-7-8-9-10-11-12-13-14-15-16-17-18-19-20-21-26(30)29-22-24-25(23-29)27(24)28/h3-4,6-7,9-10,12-13,15-16,18-19,24-25,27H,2,5,8,11,14,17,20-23,28H2,1H3. The molecule has 1 aliphatic carbocycles. The number of carbonyl (C=O) groups excluding carboxylic acids is 1. The SMILES string of the molecule is CCC=CCC=CCC=CCC=CCC=CCC=CCCC(=O)N1CC2C(N)C2C1. The van der Waals surface area contributed by atoms with Crippen LogP contribution >= 0.6 is 0 Å². The maximum absolute atomic E-state index is 12.1. The lowest BCUT2D eigenvalue weighted by Gasteiger charge is -2.18. The number of nitrogens with zero attached hydrogens (tertiary/aromatic N) is 1. The minimum Gasteiger partial charge on any atom is -0.342 e. The molecule has 0 aromatic heterocycles. The van der Waals surface area contributed by atoms with Crippen LogP contribution in [0, 0.1) is 11.8 Å². The third-order valence-electron chi connectivity index (χ3n) is 5.73. The van der Waals surface area contributed by atoms with Crippen LogP contribution in [0.25, 0.3) is 0 Å². The lowest BCUT2D eigenvalue weighted by molar-refractivity contribution is -0.130. The van der Waals surface area contributed by atoms with Gasteiger partial charge in [-0.05, 0) is 56.8 Å². The van der Waals surface area contributed by atoms with Crippen LogP contribution in [0.15, 0.2) is 72.9 Å². The lowest BCUT2D eigenvalue weighted by atomic mass is 10.2. The lowest BCUT2D eigenvalue weighted by Crippen LogP contribution is -2.33. The fourth-order valence-electron chi connectivity index (χ4n) is 3.78. The summed E-state index contributed by atoms with van der Waals surface area (Å²) in [5, 5.41) is 0. The summed E-state index contributed by atoms with van der Waals surface area (Å²) in [5.41, 5.74) is 5.92. The van der Waals surface area contributed by atoms with Crippen molar-refractivity contribution in [2.45, 2.75) is 64.3 Å². The van der Waals surface area contributed by atoms with E-state index >= 15 is 0 Å². The van der Waals surface area contributed by atoms with Gasteiger partial charge in [0.1, 0.15) is 0 Å². The first-order valence-corrected chi connectivity index (χ1v) is 11.7. The van der Waals surface area contributed by atoms with Crippen molar-refractivity contribution in [2.75, 3.05) is 13.1 Å². The Kier molecular flexibility index (Phi) is 11.9. The number of nitrogens with two attached hydrogens (primary N) is 1. The topological polar surface area (TPSA) is 46.3 Å². The third-order valence-corrected chi connectivity index (χ3v) is 5.73. The zero-order valence-corrected chi connectivity index (χ0v) is 18.7. The van der Waals surface area contributed by atoms with Crippen molar-refractivity contribution in [1.82, 2.24) is 4.90 Å². The predicted octanol–water partition coefficient (Wildman–Crippen LogP) is 5.88. The fourth-order valence-corrected chi connectivity index (χ4v) is 3.78. The Hall–Kier alpha value is -2.13. The first-order chi connectivity index (χ1) is 14.7. The molecule has 30 heavy (non-hydrogen) atoms. The number of rotatable bonds is 14. The van der Waals surface area contributed by atoms with Crippen LogP contribution in [0.4, 0.5) is 0 Å². The van der Waals surface area contributed by atoms with Crippen molar-refractivity contribution >= 4 is 5.91 Å². The number of carbonyl (C=O) groups is 1. The van der Waals surface area contributed by atoms with E-state index in [2.05, 4.69) is 79.8 Å². The molecule has 0 aromatic carbocycles. The van der Waals surface area contributed by atoms with Crippen LogP contribution in [-0.2, 0) is 4.79 Å². The van der Waals surface area contributed by atoms with Gasteiger partial charge in [-0.2, -0.15) is 0 Å². The number of piperidine rings is 1. The normalized spacial score (nSPS) is 24.1. The number of hydrogen-bond donors (Lipinski definition) is 1. The average Bonchev–Trinajstić information content (AvgIpc) is 3.15. The molecule has 1 saturated carbocycles. The molecule has 164 valence electrons. The summed E-state index contributed by atoms with van der Waals surface area (Å²) in [6, 6.07) is 0.359. The minimum absolute atomic E-state index is 0.286. The highest BCUT2D eigenvalue weighted by atomic mass is 16.2. The van der Waals surface area contributed by atoms with E-state index in [-0.39, 0.29) is 5.91 Å². The molecular weight excluding hydrogens is 368 g/mol. The summed E-state index contributed by atoms with van der Waals surface area (Å²) in [6.07, 6.45) is 33.9. The van der Waals surface area contributed by atoms with Gasteiger partial charge in [0.25, 0.3) is 0 Å². The maximum Gasteiger partial charge on any atom is 0.222 e. The van der Waals surface area contributed by atoms with Crippen LogP contribution < -0.4 is 5.73 Å². The molecule has 1 aliphatic heterocycles. The van der Waals surface area contributed by atoms with Crippen molar-refractivity contribution in [3.05, 3.63) is 72.9 Å². The van der Waals surface area contributed by atoms with Crippen LogP contribution in [0.5, 0.6) is 0 Å². The summed E-state index contributed by atoms with van der Waals surface area (Å²) in [6.45, 7) is 3.92. The molecule has 2 atom stereocenters. The van der Waals surface area contributed by atoms with Gasteiger partial charge in [-0.3, -0.25) is 4.79 Å². The Labute approximate surface area is 183 Å². The Balaban J connectivity index is 1.40. The molecule has 2 unspecified atom stereocenters. The first-order valence-electron chi connectivity index (χ1n) is 11.7. The Morgan fingerprint density at radius 2 is 1.13 bits per heavy atom. The van der Waals surface area contributed by atoms with Gasteiger partial charge in [-0.15, -0.1) is 0 Å². The van der Waals surface area contributed by atoms with Crippen molar-refractivity contribution in [3.8, 4) is 0 Å². The molecule has 2 fully saturated rings. The molecule has 1 heterocycles. The van der Waals surface area contributed by atoms with Gasteiger partial charge >= 0.3 is 0 Å².